The van der Waals surface area contributed by atoms with Crippen molar-refractivity contribution < 1.29 is 14.6 Å². The van der Waals surface area contributed by atoms with Crippen molar-refractivity contribution in [2.45, 2.75) is 13.5 Å². The molecule has 0 amide bonds. The summed E-state index contributed by atoms with van der Waals surface area (Å²) in [6.07, 6.45) is 3.18. The maximum atomic E-state index is 11.2. The second kappa shape index (κ2) is 5.61. The number of ether oxygens (including phenoxy) is 1. The Kier molecular flexibility index (Phi) is 3.91. The average molecular weight is 265 g/mol. The quantitative estimate of drug-likeness (QED) is 0.760. The first-order chi connectivity index (χ1) is 9.15. The van der Waals surface area contributed by atoms with Gasteiger partial charge in [-0.2, -0.15) is 0 Å². The SMILES string of the molecule is CCOCCn1nnc(C(=O)O)c1-c1cncn1C. The number of nitrogens with zero attached hydrogens (tertiary/aromatic N) is 5. The van der Waals surface area contributed by atoms with Crippen molar-refractivity contribution in [1.82, 2.24) is 24.5 Å². The highest BCUT2D eigenvalue weighted by molar-refractivity contribution is 5.92. The number of carboxylic acids is 1. The number of carbonyl (C=O) groups is 1. The Morgan fingerprint density at radius 1 is 1.53 bits per heavy atom. The van der Waals surface area contributed by atoms with Crippen molar-refractivity contribution in [3.8, 4) is 11.4 Å². The zero-order chi connectivity index (χ0) is 13.8. The summed E-state index contributed by atoms with van der Waals surface area (Å²) in [6, 6.07) is 0. The Hall–Kier alpha value is -2.22. The highest BCUT2D eigenvalue weighted by Crippen LogP contribution is 2.21. The molecule has 1 N–H and O–H groups in total. The predicted octanol–water partition coefficient (Wildman–Crippen LogP) is 0.413. The topological polar surface area (TPSA) is 95.1 Å². The van der Waals surface area contributed by atoms with Gasteiger partial charge in [0.15, 0.2) is 5.69 Å². The molecule has 0 atom stereocenters. The van der Waals surface area contributed by atoms with Crippen LogP contribution >= 0.6 is 0 Å². The van der Waals surface area contributed by atoms with E-state index < -0.39 is 5.97 Å². The molecule has 0 unspecified atom stereocenters. The van der Waals surface area contributed by atoms with E-state index in [1.165, 1.54) is 4.68 Å². The van der Waals surface area contributed by atoms with Crippen molar-refractivity contribution in [1.29, 1.82) is 0 Å². The molecule has 102 valence electrons. The van der Waals surface area contributed by atoms with Crippen LogP contribution in [0.25, 0.3) is 11.4 Å². The number of imidazole rings is 1. The molecule has 0 aliphatic heterocycles. The molecule has 19 heavy (non-hydrogen) atoms. The van der Waals surface area contributed by atoms with E-state index in [2.05, 4.69) is 15.3 Å². The molecule has 0 aliphatic carbocycles. The molecule has 2 aromatic heterocycles. The lowest BCUT2D eigenvalue weighted by molar-refractivity contribution is 0.0691. The molecule has 2 heterocycles. The van der Waals surface area contributed by atoms with E-state index >= 15 is 0 Å². The van der Waals surface area contributed by atoms with Crippen molar-refractivity contribution in [2.24, 2.45) is 7.05 Å². The molecule has 0 aromatic carbocycles. The van der Waals surface area contributed by atoms with Crippen LogP contribution in [0.5, 0.6) is 0 Å². The predicted molar refractivity (Wildman–Crippen MR) is 65.7 cm³/mol. The van der Waals surface area contributed by atoms with Crippen molar-refractivity contribution in [3.63, 3.8) is 0 Å². The van der Waals surface area contributed by atoms with Gasteiger partial charge in [-0.15, -0.1) is 5.10 Å². The van der Waals surface area contributed by atoms with E-state index in [1.54, 1.807) is 24.1 Å². The highest BCUT2D eigenvalue weighted by atomic mass is 16.5. The molecule has 0 radical (unpaired) electrons. The third-order valence-corrected chi connectivity index (χ3v) is 2.65. The molecule has 8 heteroatoms. The fraction of sp³-hybridized carbons (Fsp3) is 0.455. The van der Waals surface area contributed by atoms with E-state index in [9.17, 15) is 4.79 Å². The van der Waals surface area contributed by atoms with Gasteiger partial charge in [-0.25, -0.2) is 14.5 Å². The van der Waals surface area contributed by atoms with Gasteiger partial charge in [-0.05, 0) is 6.92 Å². The smallest absolute Gasteiger partial charge is 0.358 e. The third kappa shape index (κ3) is 2.63. The number of aromatic carboxylic acids is 1. The van der Waals surface area contributed by atoms with Crippen LogP contribution in [0.15, 0.2) is 12.5 Å². The number of rotatable bonds is 6. The number of aryl methyl sites for hydroxylation is 1. The summed E-state index contributed by atoms with van der Waals surface area (Å²) in [5.41, 5.74) is 1.01. The summed E-state index contributed by atoms with van der Waals surface area (Å²) in [4.78, 5) is 15.2. The van der Waals surface area contributed by atoms with E-state index in [0.29, 0.717) is 31.1 Å². The minimum absolute atomic E-state index is 0.0832. The summed E-state index contributed by atoms with van der Waals surface area (Å²) in [6.45, 7) is 3.38. The standard InChI is InChI=1S/C11H15N5O3/c1-3-19-5-4-16-10(8-6-12-7-15(8)2)9(11(17)18)13-14-16/h6-7H,3-5H2,1-2H3,(H,17,18). The first kappa shape index (κ1) is 13.2. The van der Waals surface area contributed by atoms with Crippen LogP contribution < -0.4 is 0 Å². The Morgan fingerprint density at radius 2 is 2.32 bits per heavy atom. The van der Waals surface area contributed by atoms with Crippen LogP contribution in [0.1, 0.15) is 17.4 Å². The number of carboxylic acid groups (broad SMARTS) is 1. The number of hydrogen-bond acceptors (Lipinski definition) is 5. The van der Waals surface area contributed by atoms with E-state index in [0.717, 1.165) is 0 Å². The van der Waals surface area contributed by atoms with Crippen molar-refractivity contribution in [3.05, 3.63) is 18.2 Å². The first-order valence-electron chi connectivity index (χ1n) is 5.86. The Balaban J connectivity index is 2.40. The summed E-state index contributed by atoms with van der Waals surface area (Å²) in [5.74, 6) is -1.11. The maximum Gasteiger partial charge on any atom is 0.358 e. The molecule has 8 nitrogen and oxygen atoms in total. The molecule has 2 aromatic rings. The summed E-state index contributed by atoms with van der Waals surface area (Å²) >= 11 is 0. The molecule has 0 aliphatic rings. The van der Waals surface area contributed by atoms with Crippen LogP contribution in [-0.2, 0) is 18.3 Å². The van der Waals surface area contributed by atoms with Crippen LogP contribution in [0.4, 0.5) is 0 Å². The zero-order valence-electron chi connectivity index (χ0n) is 10.8. The number of hydrogen-bond donors (Lipinski definition) is 1. The summed E-state index contributed by atoms with van der Waals surface area (Å²) < 4.78 is 8.50. The molecule has 2 rings (SSSR count). The van der Waals surface area contributed by atoms with E-state index in [1.807, 2.05) is 6.92 Å². The molecule has 0 spiro atoms. The van der Waals surface area contributed by atoms with Gasteiger partial charge in [-0.3, -0.25) is 0 Å². The fourth-order valence-electron chi connectivity index (χ4n) is 1.75. The Morgan fingerprint density at radius 3 is 2.89 bits per heavy atom. The van der Waals surface area contributed by atoms with Crippen molar-refractivity contribution >= 4 is 5.97 Å². The van der Waals surface area contributed by atoms with Crippen LogP contribution in [-0.4, -0.2) is 48.8 Å². The fourth-order valence-corrected chi connectivity index (χ4v) is 1.75. The van der Waals surface area contributed by atoms with Gasteiger partial charge in [0.2, 0.25) is 0 Å². The van der Waals surface area contributed by atoms with E-state index in [-0.39, 0.29) is 5.69 Å². The second-order valence-electron chi connectivity index (χ2n) is 3.90. The van der Waals surface area contributed by atoms with Crippen LogP contribution in [0.2, 0.25) is 0 Å². The normalized spacial score (nSPS) is 10.8. The zero-order valence-corrected chi connectivity index (χ0v) is 10.8. The molecule has 0 bridgehead atoms. The molecular weight excluding hydrogens is 250 g/mol. The average Bonchev–Trinajstić information content (AvgIpc) is 2.95. The second-order valence-corrected chi connectivity index (χ2v) is 3.90. The van der Waals surface area contributed by atoms with Gasteiger partial charge < -0.3 is 14.4 Å². The van der Waals surface area contributed by atoms with Gasteiger partial charge in [0, 0.05) is 13.7 Å². The van der Waals surface area contributed by atoms with Gasteiger partial charge in [0.05, 0.1) is 31.4 Å². The molecule has 0 saturated carbocycles. The molecular formula is C11H15N5O3. The Labute approximate surface area is 109 Å². The molecule has 0 saturated heterocycles. The van der Waals surface area contributed by atoms with Gasteiger partial charge in [0.25, 0.3) is 0 Å². The summed E-state index contributed by atoms with van der Waals surface area (Å²) in [7, 11) is 1.79. The van der Waals surface area contributed by atoms with Gasteiger partial charge in [-0.1, -0.05) is 5.21 Å². The van der Waals surface area contributed by atoms with Gasteiger partial charge >= 0.3 is 5.97 Å². The number of aromatic nitrogens is 5. The minimum atomic E-state index is -1.11. The summed E-state index contributed by atoms with van der Waals surface area (Å²) in [5, 5.41) is 16.7. The lowest BCUT2D eigenvalue weighted by Gasteiger charge is -2.07. The van der Waals surface area contributed by atoms with E-state index in [4.69, 9.17) is 9.84 Å². The van der Waals surface area contributed by atoms with Crippen molar-refractivity contribution in [2.75, 3.05) is 13.2 Å². The monoisotopic (exact) mass is 265 g/mol. The first-order valence-corrected chi connectivity index (χ1v) is 5.86. The minimum Gasteiger partial charge on any atom is -0.476 e. The van der Waals surface area contributed by atoms with Gasteiger partial charge in [0.1, 0.15) is 5.69 Å². The lowest BCUT2D eigenvalue weighted by atomic mass is 10.2. The Bertz CT molecular complexity index is 575. The lowest BCUT2D eigenvalue weighted by Crippen LogP contribution is -2.11. The third-order valence-electron chi connectivity index (χ3n) is 2.65. The maximum absolute atomic E-state index is 11.2. The van der Waals surface area contributed by atoms with Crippen LogP contribution in [0.3, 0.4) is 0 Å². The highest BCUT2D eigenvalue weighted by Gasteiger charge is 2.22. The largest absolute Gasteiger partial charge is 0.476 e. The molecule has 0 fully saturated rings. The van der Waals surface area contributed by atoms with Crippen LogP contribution in [0, 0.1) is 0 Å².